The smallest absolute Gasteiger partial charge is 0.141 e. The van der Waals surface area contributed by atoms with Gasteiger partial charge in [0.25, 0.3) is 0 Å². The second-order valence-corrected chi connectivity index (χ2v) is 5.07. The van der Waals surface area contributed by atoms with E-state index in [0.29, 0.717) is 6.54 Å². The molecule has 20 heavy (non-hydrogen) atoms. The maximum atomic E-state index is 6.00. The van der Waals surface area contributed by atoms with E-state index in [9.17, 15) is 0 Å². The van der Waals surface area contributed by atoms with E-state index in [4.69, 9.17) is 22.1 Å². The van der Waals surface area contributed by atoms with Crippen LogP contribution in [0.5, 0.6) is 5.75 Å². The molecule has 1 atom stereocenters. The summed E-state index contributed by atoms with van der Waals surface area (Å²) < 4.78 is 5.35. The van der Waals surface area contributed by atoms with Crippen LogP contribution in [0.15, 0.2) is 42.5 Å². The largest absolute Gasteiger partial charge is 0.495 e. The van der Waals surface area contributed by atoms with E-state index in [1.807, 2.05) is 49.4 Å². The predicted molar refractivity (Wildman–Crippen MR) is 84.6 cm³/mol. The quantitative estimate of drug-likeness (QED) is 0.881. The Morgan fingerprint density at radius 3 is 2.65 bits per heavy atom. The number of halogens is 1. The molecule has 3 N–H and O–H groups in total. The van der Waals surface area contributed by atoms with Crippen LogP contribution >= 0.6 is 11.6 Å². The molecule has 0 aromatic heterocycles. The SMILES string of the molecule is COc1ccccc1NC(CN)c1ccc(Cl)cc1C. The maximum absolute atomic E-state index is 6.00. The molecule has 0 saturated heterocycles. The van der Waals surface area contributed by atoms with Crippen molar-refractivity contribution in [3.63, 3.8) is 0 Å². The zero-order valence-corrected chi connectivity index (χ0v) is 12.4. The number of benzene rings is 2. The van der Waals surface area contributed by atoms with Crippen LogP contribution in [-0.2, 0) is 0 Å². The van der Waals surface area contributed by atoms with Gasteiger partial charge in [-0.3, -0.25) is 0 Å². The third kappa shape index (κ3) is 3.24. The van der Waals surface area contributed by atoms with Gasteiger partial charge in [0.15, 0.2) is 0 Å². The van der Waals surface area contributed by atoms with E-state index >= 15 is 0 Å². The third-order valence-corrected chi connectivity index (χ3v) is 3.51. The first-order valence-electron chi connectivity index (χ1n) is 6.51. The molecule has 1 unspecified atom stereocenters. The van der Waals surface area contributed by atoms with Crippen molar-refractivity contribution in [2.75, 3.05) is 19.0 Å². The van der Waals surface area contributed by atoms with Gasteiger partial charge in [0.2, 0.25) is 0 Å². The Morgan fingerprint density at radius 1 is 1.25 bits per heavy atom. The van der Waals surface area contributed by atoms with Crippen molar-refractivity contribution < 1.29 is 4.74 Å². The van der Waals surface area contributed by atoms with E-state index in [0.717, 1.165) is 27.6 Å². The molecule has 2 aromatic rings. The fourth-order valence-corrected chi connectivity index (χ4v) is 2.47. The molecule has 0 fully saturated rings. The molecule has 106 valence electrons. The van der Waals surface area contributed by atoms with Crippen LogP contribution in [0.4, 0.5) is 5.69 Å². The minimum atomic E-state index is 0.0172. The highest BCUT2D eigenvalue weighted by atomic mass is 35.5. The number of hydrogen-bond donors (Lipinski definition) is 2. The fraction of sp³-hybridized carbons (Fsp3) is 0.250. The van der Waals surface area contributed by atoms with Gasteiger partial charge in [-0.2, -0.15) is 0 Å². The predicted octanol–water partition coefficient (Wildman–Crippen LogP) is 3.77. The highest BCUT2D eigenvalue weighted by Crippen LogP contribution is 2.29. The molecule has 3 nitrogen and oxygen atoms in total. The van der Waals surface area contributed by atoms with Crippen LogP contribution in [0.25, 0.3) is 0 Å². The van der Waals surface area contributed by atoms with Crippen LogP contribution in [0.1, 0.15) is 17.2 Å². The second-order valence-electron chi connectivity index (χ2n) is 4.63. The monoisotopic (exact) mass is 290 g/mol. The van der Waals surface area contributed by atoms with Gasteiger partial charge in [-0.05, 0) is 42.3 Å². The van der Waals surface area contributed by atoms with Crippen molar-refractivity contribution in [2.24, 2.45) is 5.73 Å². The third-order valence-electron chi connectivity index (χ3n) is 3.28. The first-order valence-corrected chi connectivity index (χ1v) is 6.89. The van der Waals surface area contributed by atoms with Crippen molar-refractivity contribution in [3.05, 3.63) is 58.6 Å². The lowest BCUT2D eigenvalue weighted by atomic mass is 10.0. The minimum absolute atomic E-state index is 0.0172. The lowest BCUT2D eigenvalue weighted by Gasteiger charge is -2.22. The standard InChI is InChI=1S/C16H19ClN2O/c1-11-9-12(17)7-8-13(11)15(10-18)19-14-5-3-4-6-16(14)20-2/h3-9,15,19H,10,18H2,1-2H3. The van der Waals surface area contributed by atoms with Gasteiger partial charge in [0.1, 0.15) is 5.75 Å². The van der Waals surface area contributed by atoms with Crippen molar-refractivity contribution in [1.29, 1.82) is 0 Å². The summed E-state index contributed by atoms with van der Waals surface area (Å²) >= 11 is 6.00. The number of rotatable bonds is 5. The Kier molecular flexibility index (Phi) is 4.88. The number of nitrogens with two attached hydrogens (primary N) is 1. The van der Waals surface area contributed by atoms with Gasteiger partial charge in [0, 0.05) is 11.6 Å². The van der Waals surface area contributed by atoms with Gasteiger partial charge >= 0.3 is 0 Å². The summed E-state index contributed by atoms with van der Waals surface area (Å²) in [5.74, 6) is 0.803. The highest BCUT2D eigenvalue weighted by Gasteiger charge is 2.14. The Labute approximate surface area is 124 Å². The average molecular weight is 291 g/mol. The van der Waals surface area contributed by atoms with E-state index < -0.39 is 0 Å². The van der Waals surface area contributed by atoms with Crippen molar-refractivity contribution >= 4 is 17.3 Å². The molecule has 2 aromatic carbocycles. The summed E-state index contributed by atoms with van der Waals surface area (Å²) in [5, 5.41) is 4.17. The highest BCUT2D eigenvalue weighted by molar-refractivity contribution is 6.30. The Hall–Kier alpha value is -1.71. The minimum Gasteiger partial charge on any atom is -0.495 e. The first-order chi connectivity index (χ1) is 9.65. The number of aryl methyl sites for hydroxylation is 1. The summed E-state index contributed by atoms with van der Waals surface area (Å²) in [6, 6.07) is 13.7. The molecule has 0 amide bonds. The van der Waals surface area contributed by atoms with Crippen molar-refractivity contribution in [1.82, 2.24) is 0 Å². The van der Waals surface area contributed by atoms with Crippen molar-refractivity contribution in [3.8, 4) is 5.75 Å². The molecular formula is C16H19ClN2O. The summed E-state index contributed by atoms with van der Waals surface area (Å²) in [6.45, 7) is 2.52. The number of anilines is 1. The molecule has 0 heterocycles. The molecular weight excluding hydrogens is 272 g/mol. The number of para-hydroxylation sites is 2. The van der Waals surface area contributed by atoms with Gasteiger partial charge in [-0.25, -0.2) is 0 Å². The molecule has 0 aliphatic heterocycles. The summed E-state index contributed by atoms with van der Waals surface area (Å²) in [5.41, 5.74) is 9.11. The van der Waals surface area contributed by atoms with Crippen LogP contribution in [0.3, 0.4) is 0 Å². The summed E-state index contributed by atoms with van der Waals surface area (Å²) in [6.07, 6.45) is 0. The van der Waals surface area contributed by atoms with E-state index in [2.05, 4.69) is 5.32 Å². The van der Waals surface area contributed by atoms with Gasteiger partial charge in [0.05, 0.1) is 18.8 Å². The molecule has 0 bridgehead atoms. The topological polar surface area (TPSA) is 47.3 Å². The molecule has 0 spiro atoms. The average Bonchev–Trinajstić information content (AvgIpc) is 2.46. The lowest BCUT2D eigenvalue weighted by molar-refractivity contribution is 0.416. The van der Waals surface area contributed by atoms with E-state index in [1.54, 1.807) is 7.11 Å². The summed E-state index contributed by atoms with van der Waals surface area (Å²) in [7, 11) is 1.66. The molecule has 0 saturated carbocycles. The molecule has 0 aliphatic rings. The first kappa shape index (κ1) is 14.7. The zero-order valence-electron chi connectivity index (χ0n) is 11.7. The number of methoxy groups -OCH3 is 1. The molecule has 0 aliphatic carbocycles. The number of nitrogens with one attached hydrogen (secondary N) is 1. The van der Waals surface area contributed by atoms with Gasteiger partial charge in [-0.1, -0.05) is 29.8 Å². The Bertz CT molecular complexity index is 586. The zero-order chi connectivity index (χ0) is 14.5. The second kappa shape index (κ2) is 6.64. The van der Waals surface area contributed by atoms with E-state index in [-0.39, 0.29) is 6.04 Å². The molecule has 0 radical (unpaired) electrons. The summed E-state index contributed by atoms with van der Waals surface area (Å²) in [4.78, 5) is 0. The van der Waals surface area contributed by atoms with Crippen LogP contribution in [0.2, 0.25) is 5.02 Å². The number of ether oxygens (including phenoxy) is 1. The van der Waals surface area contributed by atoms with Gasteiger partial charge in [-0.15, -0.1) is 0 Å². The van der Waals surface area contributed by atoms with Crippen LogP contribution in [0, 0.1) is 6.92 Å². The molecule has 2 rings (SSSR count). The molecule has 4 heteroatoms. The van der Waals surface area contributed by atoms with Crippen LogP contribution < -0.4 is 15.8 Å². The van der Waals surface area contributed by atoms with E-state index in [1.165, 1.54) is 0 Å². The van der Waals surface area contributed by atoms with Crippen LogP contribution in [-0.4, -0.2) is 13.7 Å². The fourth-order valence-electron chi connectivity index (χ4n) is 2.25. The number of hydrogen-bond acceptors (Lipinski definition) is 3. The Balaban J connectivity index is 2.29. The maximum Gasteiger partial charge on any atom is 0.141 e. The van der Waals surface area contributed by atoms with Gasteiger partial charge < -0.3 is 15.8 Å². The Morgan fingerprint density at radius 2 is 2.00 bits per heavy atom. The lowest BCUT2D eigenvalue weighted by Crippen LogP contribution is -2.21. The normalized spacial score (nSPS) is 12.0. The van der Waals surface area contributed by atoms with Crippen molar-refractivity contribution in [2.45, 2.75) is 13.0 Å².